The van der Waals surface area contributed by atoms with Crippen LogP contribution in [0.4, 0.5) is 0 Å². The van der Waals surface area contributed by atoms with E-state index in [4.69, 9.17) is 19.3 Å². The molecule has 11 atom stereocenters. The Bertz CT molecular complexity index is 770. The van der Waals surface area contributed by atoms with Crippen LogP contribution in [0.3, 0.4) is 0 Å². The Morgan fingerprint density at radius 2 is 1.60 bits per heavy atom. The van der Waals surface area contributed by atoms with Crippen molar-refractivity contribution in [3.63, 3.8) is 0 Å². The number of aliphatic carboxylic acids is 1. The fraction of sp³-hybridized carbons (Fsp3) is 0.842. The maximum atomic E-state index is 12.1. The second kappa shape index (κ2) is 11.8. The third kappa shape index (κ3) is 6.62. The van der Waals surface area contributed by atoms with Crippen molar-refractivity contribution in [2.75, 3.05) is 13.2 Å². The molecule has 202 valence electrons. The first kappa shape index (κ1) is 29.2. The van der Waals surface area contributed by atoms with Gasteiger partial charge in [0.25, 0.3) is 5.79 Å². The van der Waals surface area contributed by atoms with Crippen LogP contribution in [0, 0.1) is 0 Å². The molecule has 10 N–H and O–H groups in total. The van der Waals surface area contributed by atoms with Crippen LogP contribution in [0.2, 0.25) is 0 Å². The topological polar surface area (TPSA) is 265 Å². The zero-order chi connectivity index (χ0) is 26.7. The van der Waals surface area contributed by atoms with E-state index in [1.165, 1.54) is 0 Å². The molecule has 2 rings (SSSR count). The molecular weight excluding hydrogens is 480 g/mol. The summed E-state index contributed by atoms with van der Waals surface area (Å²) in [5.74, 6) is -5.80. The lowest BCUT2D eigenvalue weighted by atomic mass is 9.88. The van der Waals surface area contributed by atoms with Crippen molar-refractivity contribution in [1.82, 2.24) is 10.6 Å². The number of aliphatic hydroxyl groups excluding tert-OH is 7. The minimum absolute atomic E-state index is 0.628. The first-order valence-electron chi connectivity index (χ1n) is 10.7. The van der Waals surface area contributed by atoms with Gasteiger partial charge in [-0.25, -0.2) is 4.79 Å². The molecule has 0 aromatic heterocycles. The first-order chi connectivity index (χ1) is 16.2. The zero-order valence-corrected chi connectivity index (χ0v) is 18.9. The number of carboxylic acids is 1. The van der Waals surface area contributed by atoms with Gasteiger partial charge >= 0.3 is 5.97 Å². The highest BCUT2D eigenvalue weighted by Gasteiger charge is 2.56. The van der Waals surface area contributed by atoms with E-state index in [0.717, 1.165) is 13.8 Å². The summed E-state index contributed by atoms with van der Waals surface area (Å²) in [7, 11) is 0. The summed E-state index contributed by atoms with van der Waals surface area (Å²) in [5, 5.41) is 84.9. The molecular formula is C19H32N2O14. The van der Waals surface area contributed by atoms with Gasteiger partial charge in [-0.05, 0) is 0 Å². The molecule has 0 saturated carbocycles. The van der Waals surface area contributed by atoms with Gasteiger partial charge in [0.15, 0.2) is 6.29 Å². The SMILES string of the molecule is CC(=O)N[C@H]1[C@@H]([C@H](O)[C@H](O)CO)OC(OC[C@H]2OC(O)[C@H](NC(C)=O)[C@@H](O)[C@H]2O)(C(=O)O)C[C@H]1O. The molecule has 2 fully saturated rings. The number of carbonyl (C=O) groups excluding carboxylic acids is 2. The molecule has 0 radical (unpaired) electrons. The van der Waals surface area contributed by atoms with E-state index in [9.17, 15) is 50.1 Å². The normalized spacial score (nSPS) is 39.3. The van der Waals surface area contributed by atoms with Crippen molar-refractivity contribution in [2.45, 2.75) is 87.2 Å². The third-order valence-corrected chi connectivity index (χ3v) is 5.76. The quantitative estimate of drug-likeness (QED) is 0.138. The molecule has 0 bridgehead atoms. The predicted octanol–water partition coefficient (Wildman–Crippen LogP) is -5.90. The van der Waals surface area contributed by atoms with E-state index >= 15 is 0 Å². The molecule has 16 heteroatoms. The van der Waals surface area contributed by atoms with Gasteiger partial charge in [-0.15, -0.1) is 0 Å². The summed E-state index contributed by atoms with van der Waals surface area (Å²) in [5.41, 5.74) is 0. The average Bonchev–Trinajstić information content (AvgIpc) is 2.78. The van der Waals surface area contributed by atoms with E-state index < -0.39 is 104 Å². The van der Waals surface area contributed by atoms with Gasteiger partial charge in [0.1, 0.15) is 42.7 Å². The highest BCUT2D eigenvalue weighted by atomic mass is 16.7. The molecule has 0 aromatic carbocycles. The van der Waals surface area contributed by atoms with Gasteiger partial charge in [-0.3, -0.25) is 9.59 Å². The number of nitrogens with one attached hydrogen (secondary N) is 2. The summed E-state index contributed by atoms with van der Waals surface area (Å²) < 4.78 is 15.9. The summed E-state index contributed by atoms with van der Waals surface area (Å²) in [6, 6.07) is -2.80. The van der Waals surface area contributed by atoms with Gasteiger partial charge in [0, 0.05) is 20.3 Å². The van der Waals surface area contributed by atoms with Crippen LogP contribution in [0.1, 0.15) is 20.3 Å². The molecule has 2 saturated heterocycles. The first-order valence-corrected chi connectivity index (χ1v) is 10.7. The molecule has 2 aliphatic rings. The van der Waals surface area contributed by atoms with Crippen LogP contribution in [0.25, 0.3) is 0 Å². The van der Waals surface area contributed by atoms with Crippen LogP contribution in [0.15, 0.2) is 0 Å². The molecule has 2 amide bonds. The van der Waals surface area contributed by atoms with Crippen LogP contribution < -0.4 is 10.6 Å². The molecule has 35 heavy (non-hydrogen) atoms. The van der Waals surface area contributed by atoms with E-state index in [0.29, 0.717) is 0 Å². The second-order valence-corrected chi connectivity index (χ2v) is 8.46. The number of aliphatic hydroxyl groups is 7. The molecule has 2 unspecified atom stereocenters. The van der Waals surface area contributed by atoms with E-state index in [-0.39, 0.29) is 0 Å². The fourth-order valence-electron chi connectivity index (χ4n) is 3.97. The van der Waals surface area contributed by atoms with Gasteiger partial charge < -0.3 is 65.7 Å². The number of rotatable bonds is 9. The molecule has 2 aliphatic heterocycles. The predicted molar refractivity (Wildman–Crippen MR) is 109 cm³/mol. The Labute approximate surface area is 199 Å². The van der Waals surface area contributed by atoms with Gasteiger partial charge in [0.05, 0.1) is 25.4 Å². The van der Waals surface area contributed by atoms with Crippen LogP contribution in [-0.4, -0.2) is 139 Å². The maximum absolute atomic E-state index is 12.1. The van der Waals surface area contributed by atoms with Crippen molar-refractivity contribution in [3.05, 3.63) is 0 Å². The number of amides is 2. The minimum atomic E-state index is -2.71. The van der Waals surface area contributed by atoms with Crippen molar-refractivity contribution >= 4 is 17.8 Å². The van der Waals surface area contributed by atoms with E-state index in [1.807, 2.05) is 0 Å². The zero-order valence-electron chi connectivity index (χ0n) is 18.9. The number of carbonyl (C=O) groups is 3. The van der Waals surface area contributed by atoms with Crippen LogP contribution in [0.5, 0.6) is 0 Å². The van der Waals surface area contributed by atoms with Crippen molar-refractivity contribution < 1.29 is 69.4 Å². The summed E-state index contributed by atoms with van der Waals surface area (Å²) in [4.78, 5) is 34.9. The van der Waals surface area contributed by atoms with Crippen molar-refractivity contribution in [3.8, 4) is 0 Å². The summed E-state index contributed by atoms with van der Waals surface area (Å²) in [6.45, 7) is 0.409. The Balaban J connectivity index is 2.25. The van der Waals surface area contributed by atoms with E-state index in [2.05, 4.69) is 10.6 Å². The molecule has 0 aromatic rings. The number of hydrogen-bond acceptors (Lipinski definition) is 13. The standard InChI is InChI=1S/C19H32N2O14/c1-6(23)20-11-8(25)3-19(18(31)32,35-16(11)13(27)9(26)4-22)33-5-10-14(28)15(29)12(17(30)34-10)21-7(2)24/h8-17,22,25-30H,3-5H2,1-2H3,(H,20,23)(H,21,24)(H,31,32)/t8-,9-,10-,11-,12-,13-,14+,15-,16+,17?,19?/m1/s1. The lowest BCUT2D eigenvalue weighted by molar-refractivity contribution is -0.328. The maximum Gasteiger partial charge on any atom is 0.364 e. The van der Waals surface area contributed by atoms with Crippen LogP contribution >= 0.6 is 0 Å². The largest absolute Gasteiger partial charge is 0.477 e. The third-order valence-electron chi connectivity index (χ3n) is 5.76. The van der Waals surface area contributed by atoms with E-state index in [1.54, 1.807) is 0 Å². The molecule has 0 aliphatic carbocycles. The van der Waals surface area contributed by atoms with Crippen LogP contribution in [-0.2, 0) is 28.6 Å². The second-order valence-electron chi connectivity index (χ2n) is 8.46. The fourth-order valence-corrected chi connectivity index (χ4v) is 3.97. The van der Waals surface area contributed by atoms with Gasteiger partial charge in [-0.1, -0.05) is 0 Å². The Morgan fingerprint density at radius 1 is 1.03 bits per heavy atom. The minimum Gasteiger partial charge on any atom is -0.477 e. The average molecular weight is 512 g/mol. The number of carboxylic acid groups (broad SMARTS) is 1. The highest BCUT2D eigenvalue weighted by molar-refractivity contribution is 5.76. The smallest absolute Gasteiger partial charge is 0.364 e. The lowest BCUT2D eigenvalue weighted by Crippen LogP contribution is -2.68. The summed E-state index contributed by atoms with van der Waals surface area (Å²) in [6.07, 6.45) is -14.9. The Kier molecular flexibility index (Phi) is 9.88. The Morgan fingerprint density at radius 3 is 2.11 bits per heavy atom. The molecule has 16 nitrogen and oxygen atoms in total. The van der Waals surface area contributed by atoms with Gasteiger partial charge in [0.2, 0.25) is 11.8 Å². The monoisotopic (exact) mass is 512 g/mol. The summed E-state index contributed by atoms with van der Waals surface area (Å²) >= 11 is 0. The molecule has 0 spiro atoms. The number of hydrogen-bond donors (Lipinski definition) is 10. The van der Waals surface area contributed by atoms with Crippen molar-refractivity contribution in [2.24, 2.45) is 0 Å². The number of ether oxygens (including phenoxy) is 3. The lowest BCUT2D eigenvalue weighted by Gasteiger charge is -2.47. The molecule has 2 heterocycles. The Hall–Kier alpha value is -1.99. The van der Waals surface area contributed by atoms with Crippen molar-refractivity contribution in [1.29, 1.82) is 0 Å². The van der Waals surface area contributed by atoms with Gasteiger partial charge in [-0.2, -0.15) is 0 Å². The highest BCUT2D eigenvalue weighted by Crippen LogP contribution is 2.34.